The van der Waals surface area contributed by atoms with Crippen molar-refractivity contribution in [1.29, 1.82) is 0 Å². The lowest BCUT2D eigenvalue weighted by molar-refractivity contribution is -0.158. The van der Waals surface area contributed by atoms with Gasteiger partial charge in [0.2, 0.25) is 5.91 Å². The first-order valence-corrected chi connectivity index (χ1v) is 7.47. The third kappa shape index (κ3) is 3.85. The SMILES string of the molecule is CCNC(=O)[C@@H](C)OC(=O)[C@@H]1CC(=O)N(c2ccccc2F)C1. The summed E-state index contributed by atoms with van der Waals surface area (Å²) in [5.74, 6) is -2.60. The van der Waals surface area contributed by atoms with E-state index in [4.69, 9.17) is 4.74 Å². The lowest BCUT2D eigenvalue weighted by Crippen LogP contribution is -2.37. The maximum absolute atomic E-state index is 13.8. The number of nitrogens with zero attached hydrogens (tertiary/aromatic N) is 1. The Morgan fingerprint density at radius 2 is 2.13 bits per heavy atom. The zero-order chi connectivity index (χ0) is 17.0. The summed E-state index contributed by atoms with van der Waals surface area (Å²) in [7, 11) is 0. The Morgan fingerprint density at radius 1 is 1.43 bits per heavy atom. The molecule has 1 heterocycles. The molecule has 0 bridgehead atoms. The molecule has 6 nitrogen and oxygen atoms in total. The quantitative estimate of drug-likeness (QED) is 0.828. The molecular formula is C16H19FN2O4. The summed E-state index contributed by atoms with van der Waals surface area (Å²) in [6.45, 7) is 3.70. The Balaban J connectivity index is 2.01. The number of halogens is 1. The number of amides is 2. The second-order valence-corrected chi connectivity index (χ2v) is 5.33. The van der Waals surface area contributed by atoms with Gasteiger partial charge in [0, 0.05) is 19.5 Å². The molecule has 0 radical (unpaired) electrons. The number of hydrogen-bond donors (Lipinski definition) is 1. The fourth-order valence-corrected chi connectivity index (χ4v) is 2.41. The fraction of sp³-hybridized carbons (Fsp3) is 0.438. The summed E-state index contributed by atoms with van der Waals surface area (Å²) in [5, 5.41) is 2.55. The van der Waals surface area contributed by atoms with E-state index in [1.54, 1.807) is 13.0 Å². The lowest BCUT2D eigenvalue weighted by atomic mass is 10.1. The van der Waals surface area contributed by atoms with Crippen LogP contribution in [0.15, 0.2) is 24.3 Å². The Hall–Kier alpha value is -2.44. The minimum atomic E-state index is -0.930. The average Bonchev–Trinajstić information content (AvgIpc) is 2.90. The second kappa shape index (κ2) is 7.21. The topological polar surface area (TPSA) is 75.7 Å². The average molecular weight is 322 g/mol. The second-order valence-electron chi connectivity index (χ2n) is 5.33. The van der Waals surface area contributed by atoms with Gasteiger partial charge in [0.25, 0.3) is 5.91 Å². The summed E-state index contributed by atoms with van der Waals surface area (Å²) in [5.41, 5.74) is 0.143. The Labute approximate surface area is 133 Å². The van der Waals surface area contributed by atoms with Crippen molar-refractivity contribution in [1.82, 2.24) is 5.32 Å². The van der Waals surface area contributed by atoms with Gasteiger partial charge in [-0.05, 0) is 26.0 Å². The van der Waals surface area contributed by atoms with Crippen LogP contribution >= 0.6 is 0 Å². The van der Waals surface area contributed by atoms with Gasteiger partial charge in [-0.3, -0.25) is 14.4 Å². The van der Waals surface area contributed by atoms with Crippen molar-refractivity contribution in [3.63, 3.8) is 0 Å². The van der Waals surface area contributed by atoms with Crippen LogP contribution in [0.3, 0.4) is 0 Å². The van der Waals surface area contributed by atoms with Gasteiger partial charge < -0.3 is 15.0 Å². The first kappa shape index (κ1) is 16.9. The molecule has 124 valence electrons. The number of para-hydroxylation sites is 1. The van der Waals surface area contributed by atoms with E-state index in [-0.39, 0.29) is 24.6 Å². The molecule has 0 saturated carbocycles. The maximum Gasteiger partial charge on any atom is 0.312 e. The van der Waals surface area contributed by atoms with Gasteiger partial charge in [0.1, 0.15) is 5.82 Å². The highest BCUT2D eigenvalue weighted by Gasteiger charge is 2.38. The molecule has 0 unspecified atom stereocenters. The molecule has 7 heteroatoms. The molecule has 0 aromatic heterocycles. The molecule has 1 aromatic carbocycles. The van der Waals surface area contributed by atoms with E-state index in [0.717, 1.165) is 0 Å². The largest absolute Gasteiger partial charge is 0.452 e. The predicted molar refractivity (Wildman–Crippen MR) is 81.1 cm³/mol. The molecule has 2 atom stereocenters. The zero-order valence-corrected chi connectivity index (χ0v) is 13.0. The Morgan fingerprint density at radius 3 is 2.78 bits per heavy atom. The number of ether oxygens (including phenoxy) is 1. The minimum absolute atomic E-state index is 0.0424. The Kier molecular flexibility index (Phi) is 5.31. The first-order chi connectivity index (χ1) is 10.9. The molecule has 1 fully saturated rings. The summed E-state index contributed by atoms with van der Waals surface area (Å²) in [6, 6.07) is 5.89. The van der Waals surface area contributed by atoms with Crippen LogP contribution in [-0.4, -0.2) is 37.0 Å². The number of hydrogen-bond acceptors (Lipinski definition) is 4. The summed E-state index contributed by atoms with van der Waals surface area (Å²) in [6.07, 6.45) is -0.991. The lowest BCUT2D eigenvalue weighted by Gasteiger charge is -2.18. The van der Waals surface area contributed by atoms with Crippen molar-refractivity contribution in [3.8, 4) is 0 Å². The Bertz CT molecular complexity index is 620. The van der Waals surface area contributed by atoms with E-state index < -0.39 is 29.7 Å². The molecule has 2 rings (SSSR count). The van der Waals surface area contributed by atoms with Crippen LogP contribution in [0.2, 0.25) is 0 Å². The summed E-state index contributed by atoms with van der Waals surface area (Å²) in [4.78, 5) is 36.9. The minimum Gasteiger partial charge on any atom is -0.452 e. The number of likely N-dealkylation sites (N-methyl/N-ethyl adjacent to an activating group) is 1. The van der Waals surface area contributed by atoms with Crippen molar-refractivity contribution in [2.24, 2.45) is 5.92 Å². The number of anilines is 1. The molecule has 1 aliphatic rings. The molecule has 2 amide bonds. The standard InChI is InChI=1S/C16H19FN2O4/c1-3-18-15(21)10(2)23-16(22)11-8-14(20)19(9-11)13-7-5-4-6-12(13)17/h4-7,10-11H,3,8-9H2,1-2H3,(H,18,21)/t10-,11-/m1/s1. The van der Waals surface area contributed by atoms with Crippen molar-refractivity contribution < 1.29 is 23.5 Å². The van der Waals surface area contributed by atoms with E-state index in [0.29, 0.717) is 6.54 Å². The summed E-state index contributed by atoms with van der Waals surface area (Å²) >= 11 is 0. The molecule has 1 aliphatic heterocycles. The molecular weight excluding hydrogens is 303 g/mol. The summed E-state index contributed by atoms with van der Waals surface area (Å²) < 4.78 is 18.9. The predicted octanol–water partition coefficient (Wildman–Crippen LogP) is 1.25. The third-order valence-corrected chi connectivity index (χ3v) is 3.61. The van der Waals surface area contributed by atoms with E-state index in [1.807, 2.05) is 0 Å². The van der Waals surface area contributed by atoms with Crippen molar-refractivity contribution in [2.45, 2.75) is 26.4 Å². The van der Waals surface area contributed by atoms with Crippen molar-refractivity contribution in [2.75, 3.05) is 18.0 Å². The smallest absolute Gasteiger partial charge is 0.312 e. The van der Waals surface area contributed by atoms with Gasteiger partial charge in [-0.1, -0.05) is 12.1 Å². The molecule has 0 spiro atoms. The van der Waals surface area contributed by atoms with Crippen LogP contribution in [0.25, 0.3) is 0 Å². The number of carbonyl (C=O) groups is 3. The van der Waals surface area contributed by atoms with Gasteiger partial charge in [-0.2, -0.15) is 0 Å². The maximum atomic E-state index is 13.8. The highest BCUT2D eigenvalue weighted by atomic mass is 19.1. The number of esters is 1. The molecule has 23 heavy (non-hydrogen) atoms. The van der Waals surface area contributed by atoms with E-state index in [2.05, 4.69) is 5.32 Å². The highest BCUT2D eigenvalue weighted by Crippen LogP contribution is 2.28. The van der Waals surface area contributed by atoms with Crippen molar-refractivity contribution >= 4 is 23.5 Å². The normalized spacial score (nSPS) is 18.7. The monoisotopic (exact) mass is 322 g/mol. The zero-order valence-electron chi connectivity index (χ0n) is 13.0. The van der Waals surface area contributed by atoms with Crippen LogP contribution in [0.1, 0.15) is 20.3 Å². The number of rotatable bonds is 5. The van der Waals surface area contributed by atoms with E-state index >= 15 is 0 Å². The number of benzene rings is 1. The van der Waals surface area contributed by atoms with Gasteiger partial charge in [-0.25, -0.2) is 4.39 Å². The van der Waals surface area contributed by atoms with E-state index in [9.17, 15) is 18.8 Å². The van der Waals surface area contributed by atoms with Crippen molar-refractivity contribution in [3.05, 3.63) is 30.1 Å². The van der Waals surface area contributed by atoms with Gasteiger partial charge >= 0.3 is 5.97 Å². The molecule has 0 aliphatic carbocycles. The van der Waals surface area contributed by atoms with E-state index in [1.165, 1.54) is 30.0 Å². The van der Waals surface area contributed by atoms with Crippen LogP contribution in [0, 0.1) is 11.7 Å². The fourth-order valence-electron chi connectivity index (χ4n) is 2.41. The van der Waals surface area contributed by atoms with Crippen LogP contribution in [0.5, 0.6) is 0 Å². The molecule has 1 aromatic rings. The third-order valence-electron chi connectivity index (χ3n) is 3.61. The number of carbonyl (C=O) groups excluding carboxylic acids is 3. The number of nitrogens with one attached hydrogen (secondary N) is 1. The first-order valence-electron chi connectivity index (χ1n) is 7.47. The highest BCUT2D eigenvalue weighted by molar-refractivity contribution is 5.99. The molecule has 1 N–H and O–H groups in total. The molecule has 1 saturated heterocycles. The van der Waals surface area contributed by atoms with Crippen LogP contribution in [-0.2, 0) is 19.1 Å². The van der Waals surface area contributed by atoms with Gasteiger partial charge in [0.05, 0.1) is 11.6 Å². The van der Waals surface area contributed by atoms with Crippen LogP contribution < -0.4 is 10.2 Å². The van der Waals surface area contributed by atoms with Crippen LogP contribution in [0.4, 0.5) is 10.1 Å². The van der Waals surface area contributed by atoms with Gasteiger partial charge in [-0.15, -0.1) is 0 Å². The van der Waals surface area contributed by atoms with Gasteiger partial charge in [0.15, 0.2) is 6.10 Å².